The predicted molar refractivity (Wildman–Crippen MR) is 271 cm³/mol. The topological polar surface area (TPSA) is 286 Å². The van der Waals surface area contributed by atoms with E-state index >= 15 is 0 Å². The van der Waals surface area contributed by atoms with Gasteiger partial charge < -0.3 is 45.1 Å². The molecule has 0 aromatic carbocycles. The fourth-order valence-corrected chi connectivity index (χ4v) is 8.57. The van der Waals surface area contributed by atoms with Gasteiger partial charge in [0.2, 0.25) is 0 Å². The minimum atomic E-state index is -5.48. The summed E-state index contributed by atoms with van der Waals surface area (Å²) in [4.78, 5) is 61.8. The van der Waals surface area contributed by atoms with Crippen molar-refractivity contribution < 1.29 is 71.4 Å². The quantitative estimate of drug-likeness (QED) is 0.0119. The van der Waals surface area contributed by atoms with E-state index in [9.17, 15) is 48.6 Å². The number of ether oxygens (including phenoxy) is 3. The summed E-state index contributed by atoms with van der Waals surface area (Å²) in [5, 5.41) is 31.2. The first-order valence-corrected chi connectivity index (χ1v) is 27.3. The van der Waals surface area contributed by atoms with Crippen molar-refractivity contribution in [3.8, 4) is 0 Å². The number of nitrogen functional groups attached to an aromatic ring is 1. The van der Waals surface area contributed by atoms with Crippen LogP contribution in [-0.4, -0.2) is 96.9 Å². The van der Waals surface area contributed by atoms with E-state index in [0.717, 1.165) is 55.7 Å². The summed E-state index contributed by atoms with van der Waals surface area (Å²) in [6, 6.07) is 1.23. The molecule has 1 aromatic rings. The third kappa shape index (κ3) is 30.3. The molecule has 7 N–H and O–H groups in total. The summed E-state index contributed by atoms with van der Waals surface area (Å²) >= 11 is 0. The van der Waals surface area contributed by atoms with Crippen molar-refractivity contribution in [2.45, 2.75) is 160 Å². The monoisotopic (exact) mass is 1040 g/mol. The van der Waals surface area contributed by atoms with Gasteiger partial charge in [-0.2, -0.15) is 9.29 Å². The number of esters is 2. The molecule has 2 heterocycles. The van der Waals surface area contributed by atoms with E-state index in [2.05, 4.69) is 77.8 Å². The van der Waals surface area contributed by atoms with Crippen LogP contribution in [0.4, 0.5) is 5.82 Å². The zero-order chi connectivity index (χ0) is 52.2. The molecule has 1 aliphatic heterocycles. The van der Waals surface area contributed by atoms with Crippen molar-refractivity contribution in [3.05, 3.63) is 120 Å². The summed E-state index contributed by atoms with van der Waals surface area (Å²) in [5.41, 5.74) is 4.56. The fraction of sp³-hybridized carbons (Fsp3) is 0.560. The van der Waals surface area contributed by atoms with Gasteiger partial charge in [0.25, 0.3) is 0 Å². The molecule has 8 atom stereocenters. The molecule has 0 amide bonds. The summed E-state index contributed by atoms with van der Waals surface area (Å²) in [6.07, 6.45) is 36.7. The minimum absolute atomic E-state index is 0.0454. The lowest BCUT2D eigenvalue weighted by Gasteiger charge is -2.21. The van der Waals surface area contributed by atoms with E-state index in [4.69, 9.17) is 29.0 Å². The van der Waals surface area contributed by atoms with Gasteiger partial charge in [0.15, 0.2) is 12.3 Å². The molecule has 0 radical (unpaired) electrons. The zero-order valence-electron chi connectivity index (χ0n) is 41.1. The Morgan fingerprint density at radius 2 is 1.34 bits per heavy atom. The van der Waals surface area contributed by atoms with Gasteiger partial charge in [-0.05, 0) is 89.5 Å². The molecule has 0 spiro atoms. The molecule has 3 unspecified atom stereocenters. The molecule has 0 saturated carbocycles. The van der Waals surface area contributed by atoms with Gasteiger partial charge in [-0.25, -0.2) is 13.9 Å². The van der Waals surface area contributed by atoms with Crippen molar-refractivity contribution in [2.75, 3.05) is 25.6 Å². The lowest BCUT2D eigenvalue weighted by Crippen LogP contribution is -2.36. The van der Waals surface area contributed by atoms with Gasteiger partial charge in [0.05, 0.1) is 19.3 Å². The summed E-state index contributed by atoms with van der Waals surface area (Å²) in [5.74, 6) is -1.57. The molecule has 1 aromatic heterocycles. The van der Waals surface area contributed by atoms with Crippen molar-refractivity contribution in [2.24, 2.45) is 0 Å². The molecule has 2 rings (SSSR count). The number of allylic oxidation sites excluding steroid dienone is 15. The van der Waals surface area contributed by atoms with Crippen LogP contribution in [0.25, 0.3) is 0 Å². The predicted octanol–water partition coefficient (Wildman–Crippen LogP) is 8.63. The number of unbranched alkanes of at least 4 members (excludes halogenated alkanes) is 5. The van der Waals surface area contributed by atoms with Gasteiger partial charge in [0.1, 0.15) is 30.7 Å². The van der Waals surface area contributed by atoms with Crippen molar-refractivity contribution in [3.63, 3.8) is 0 Å². The highest BCUT2D eigenvalue weighted by Crippen LogP contribution is 2.60. The third-order valence-electron chi connectivity index (χ3n) is 10.3. The molecule has 0 aliphatic carbocycles. The largest absolute Gasteiger partial charge is 0.481 e. The number of carbonyl (C=O) groups excluding carboxylic acids is 2. The van der Waals surface area contributed by atoms with Crippen LogP contribution in [-0.2, 0) is 46.3 Å². The Labute approximate surface area is 418 Å². The van der Waals surface area contributed by atoms with Gasteiger partial charge in [-0.1, -0.05) is 124 Å². The summed E-state index contributed by atoms with van der Waals surface area (Å²) in [6.45, 7) is 1.76. The first-order valence-electron chi connectivity index (χ1n) is 24.4. The number of nitrogens with zero attached hydrogens (tertiary/aromatic N) is 2. The zero-order valence-corrected chi connectivity index (χ0v) is 42.9. The highest BCUT2D eigenvalue weighted by molar-refractivity contribution is 7.61. The maximum absolute atomic E-state index is 12.8. The van der Waals surface area contributed by atoms with Crippen molar-refractivity contribution >= 4 is 33.4 Å². The minimum Gasteiger partial charge on any atom is -0.462 e. The summed E-state index contributed by atoms with van der Waals surface area (Å²) in [7, 11) is -10.9. The average Bonchev–Trinajstić information content (AvgIpc) is 3.60. The van der Waals surface area contributed by atoms with Gasteiger partial charge in [0, 0.05) is 19.0 Å². The highest BCUT2D eigenvalue weighted by atomic mass is 31.3. The number of phosphoric acid groups is 2. The van der Waals surface area contributed by atoms with Crippen LogP contribution in [0.15, 0.2) is 114 Å². The number of aromatic nitrogens is 2. The molecule has 398 valence electrons. The standard InChI is InChI=1S/C50H77N3O16P2/c1-3-5-7-9-11-13-15-17-18-20-22-24-26-28-30-34-46(56)67-42(38-64-45(55)35-31-33-41(54)32-29-27-25-23-21-19-16-14-12-10-8-6-4-2)39-65-70(60,61)69-71(62,63)66-40-43-47(57)48(58)49(68-43)53-37-36-44(51)52-50(53)59/h6,8,11-14,17-19,21-22,24-25,27,29,32,36-37,41-43,47-49,54,57-58H,3-5,7,9-10,15-16,20,23,26,28,30-31,33-35,38-40H2,1-2H3,(H,60,61)(H,62,63)(H2,51,52,59)/b8-6-,13-11-,14-12-,18-17-,21-19-,24-22-,27-25-,32-29+/t41?,42-,43-,47-,48-,49-/m1/s1. The lowest BCUT2D eigenvalue weighted by atomic mass is 10.1. The highest BCUT2D eigenvalue weighted by Gasteiger charge is 2.46. The Bertz CT molecular complexity index is 2080. The number of phosphoric ester groups is 2. The number of hydrogen-bond acceptors (Lipinski definition) is 16. The van der Waals surface area contributed by atoms with Gasteiger partial charge in [-0.15, -0.1) is 0 Å². The molecule has 1 saturated heterocycles. The molecule has 71 heavy (non-hydrogen) atoms. The van der Waals surface area contributed by atoms with E-state index in [-0.39, 0.29) is 31.5 Å². The summed E-state index contributed by atoms with van der Waals surface area (Å²) < 4.78 is 56.5. The number of aliphatic hydroxyl groups is 3. The molecular weight excluding hydrogens is 961 g/mol. The second-order valence-corrected chi connectivity index (χ2v) is 19.5. The second kappa shape index (κ2) is 37.4. The number of anilines is 1. The van der Waals surface area contributed by atoms with Crippen LogP contribution >= 0.6 is 15.6 Å². The van der Waals surface area contributed by atoms with Gasteiger partial charge >= 0.3 is 33.3 Å². The maximum atomic E-state index is 12.8. The molecule has 1 fully saturated rings. The first-order chi connectivity index (χ1) is 34.1. The Morgan fingerprint density at radius 1 is 0.761 bits per heavy atom. The van der Waals surface area contributed by atoms with Crippen LogP contribution in [0.3, 0.4) is 0 Å². The molecule has 21 heteroatoms. The Kier molecular flexibility index (Phi) is 33.1. The van der Waals surface area contributed by atoms with Crippen molar-refractivity contribution in [1.29, 1.82) is 0 Å². The number of hydrogen-bond donors (Lipinski definition) is 6. The maximum Gasteiger partial charge on any atom is 0.481 e. The second-order valence-electron chi connectivity index (χ2n) is 16.4. The molecule has 1 aliphatic rings. The van der Waals surface area contributed by atoms with Crippen LogP contribution in [0.2, 0.25) is 0 Å². The van der Waals surface area contributed by atoms with E-state index < -0.39 is 89.8 Å². The molecular formula is C50H77N3O16P2. The Balaban J connectivity index is 1.89. The SMILES string of the molecule is CC/C=C\C/C=C\C/C=C\C/C=C\C=C\C(O)CCCC(=O)OC[C@H](COP(=O)(O)OP(=O)(O)OC[C@H]1O[C@@H](n2ccc(N)nc2=O)[C@H](O)[C@@H]1O)OC(=O)CCCC/C=C\C/C=C\C/C=C\CCCCC. The number of nitrogens with two attached hydrogens (primary N) is 1. The van der Waals surface area contributed by atoms with Crippen molar-refractivity contribution in [1.82, 2.24) is 9.55 Å². The Morgan fingerprint density at radius 3 is 1.96 bits per heavy atom. The fourth-order valence-electron chi connectivity index (χ4n) is 6.46. The average molecular weight is 1040 g/mol. The van der Waals surface area contributed by atoms with Crippen LogP contribution in [0.1, 0.15) is 129 Å². The first kappa shape index (κ1) is 62.8. The van der Waals surface area contributed by atoms with E-state index in [1.807, 2.05) is 30.4 Å². The number of rotatable bonds is 38. The third-order valence-corrected chi connectivity index (χ3v) is 12.9. The number of aliphatic hydroxyl groups excluding tert-OH is 3. The smallest absolute Gasteiger partial charge is 0.462 e. The van der Waals surface area contributed by atoms with Crippen LogP contribution in [0, 0.1) is 0 Å². The van der Waals surface area contributed by atoms with Gasteiger partial charge in [-0.3, -0.25) is 23.2 Å². The number of carbonyl (C=O) groups is 2. The van der Waals surface area contributed by atoms with Crippen LogP contribution in [0.5, 0.6) is 0 Å². The normalized spacial score (nSPS) is 20.4. The van der Waals surface area contributed by atoms with E-state index in [1.54, 1.807) is 12.2 Å². The van der Waals surface area contributed by atoms with Crippen LogP contribution < -0.4 is 11.4 Å². The molecule has 19 nitrogen and oxygen atoms in total. The van der Waals surface area contributed by atoms with E-state index in [0.29, 0.717) is 19.3 Å². The van der Waals surface area contributed by atoms with E-state index in [1.165, 1.54) is 25.3 Å². The Hall–Kier alpha value is -4.36. The molecule has 0 bridgehead atoms. The lowest BCUT2D eigenvalue weighted by molar-refractivity contribution is -0.161.